The molecule has 2 saturated carbocycles. The molecule has 0 spiro atoms. The van der Waals surface area contributed by atoms with Crippen molar-refractivity contribution in [3.63, 3.8) is 0 Å². The predicted octanol–water partition coefficient (Wildman–Crippen LogP) is 5.20. The van der Waals surface area contributed by atoms with Crippen molar-refractivity contribution in [1.29, 1.82) is 0 Å². The van der Waals surface area contributed by atoms with Gasteiger partial charge in [0, 0.05) is 20.8 Å². The molecule has 3 aliphatic carbocycles. The van der Waals surface area contributed by atoms with Crippen LogP contribution in [0.3, 0.4) is 0 Å². The zero-order chi connectivity index (χ0) is 34.9. The van der Waals surface area contributed by atoms with Gasteiger partial charge < -0.3 is 33.2 Å². The largest absolute Gasteiger partial charge is 0.489 e. The fourth-order valence-electron chi connectivity index (χ4n) is 8.92. The average molecular weight is 679 g/mol. The molecule has 1 heterocycles. The van der Waals surface area contributed by atoms with E-state index in [1.54, 1.807) is 0 Å². The van der Waals surface area contributed by atoms with Gasteiger partial charge in [0.1, 0.15) is 12.4 Å². The Labute approximate surface area is 286 Å². The number of benzene rings is 2. The first-order chi connectivity index (χ1) is 23.5. The minimum atomic E-state index is -1.48. The van der Waals surface area contributed by atoms with Crippen molar-refractivity contribution >= 4 is 23.9 Å². The van der Waals surface area contributed by atoms with Gasteiger partial charge in [-0.3, -0.25) is 14.4 Å². The summed E-state index contributed by atoms with van der Waals surface area (Å²) in [6.45, 7) is 6.33. The van der Waals surface area contributed by atoms with Gasteiger partial charge in [-0.15, -0.1) is 0 Å². The van der Waals surface area contributed by atoms with E-state index in [1.807, 2.05) is 18.2 Å². The van der Waals surface area contributed by atoms with Crippen molar-refractivity contribution in [2.75, 3.05) is 7.11 Å². The van der Waals surface area contributed by atoms with Crippen molar-refractivity contribution in [3.8, 4) is 5.75 Å². The van der Waals surface area contributed by atoms with Gasteiger partial charge in [0.2, 0.25) is 0 Å². The van der Waals surface area contributed by atoms with Crippen LogP contribution in [-0.4, -0.2) is 67.8 Å². The molecule has 1 aliphatic heterocycles. The number of fused-ring (bicyclic) bond motifs is 5. The molecule has 3 unspecified atom stereocenters. The van der Waals surface area contributed by atoms with Crippen LogP contribution in [0.15, 0.2) is 48.5 Å². The smallest absolute Gasteiger partial charge is 0.339 e. The van der Waals surface area contributed by atoms with Crippen molar-refractivity contribution < 1.29 is 52.3 Å². The van der Waals surface area contributed by atoms with Gasteiger partial charge in [-0.25, -0.2) is 4.79 Å². The third kappa shape index (κ3) is 7.19. The first-order valence-electron chi connectivity index (χ1n) is 17.2. The number of carbonyl (C=O) groups excluding carboxylic acids is 4. The highest BCUT2D eigenvalue weighted by Crippen LogP contribution is 2.62. The maximum absolute atomic E-state index is 12.9. The number of aryl methyl sites for hydroxylation is 1. The van der Waals surface area contributed by atoms with E-state index in [0.29, 0.717) is 24.4 Å². The number of ether oxygens (including phenoxy) is 7. The molecule has 0 amide bonds. The van der Waals surface area contributed by atoms with Gasteiger partial charge in [0.15, 0.2) is 30.7 Å². The van der Waals surface area contributed by atoms with E-state index in [1.165, 1.54) is 32.1 Å². The third-order valence-corrected chi connectivity index (χ3v) is 11.0. The molecule has 264 valence electrons. The second kappa shape index (κ2) is 14.5. The van der Waals surface area contributed by atoms with Crippen molar-refractivity contribution in [2.45, 2.75) is 116 Å². The topological polar surface area (TPSA) is 133 Å². The first-order valence-corrected chi connectivity index (χ1v) is 17.2. The average Bonchev–Trinajstić information content (AvgIpc) is 3.41. The van der Waals surface area contributed by atoms with Crippen LogP contribution < -0.4 is 4.74 Å². The molecule has 1 saturated heterocycles. The Hall–Kier alpha value is -3.96. The quantitative estimate of drug-likeness (QED) is 0.256. The minimum Gasteiger partial charge on any atom is -0.489 e. The van der Waals surface area contributed by atoms with Crippen LogP contribution in [0.4, 0.5) is 0 Å². The van der Waals surface area contributed by atoms with Crippen molar-refractivity contribution in [2.24, 2.45) is 17.3 Å². The molecule has 6 rings (SSSR count). The standard InChI is InChI=1S/C38H46O11/c1-21(39)45-32-33(46-22(2)40)35(47-23(3)41)37(49-34(32)36(42)43-5)48-31-16-15-30-29-13-11-25-19-26(44-20-24-9-7-6-8-10-24)12-14-27(25)28(29)17-18-38(30,31)4/h6-10,12,14,19,28-35,37H,11,13,15-18,20H2,1-5H3/t28-,29+,30+,31-,32+,33?,34?,35?,37+,38-/m0/s1. The summed E-state index contributed by atoms with van der Waals surface area (Å²) in [6.07, 6.45) is -1.54. The minimum absolute atomic E-state index is 0.216. The summed E-state index contributed by atoms with van der Waals surface area (Å²) < 4.78 is 40.5. The predicted molar refractivity (Wildman–Crippen MR) is 174 cm³/mol. The van der Waals surface area contributed by atoms with E-state index in [0.717, 1.165) is 56.8 Å². The molecule has 2 aromatic carbocycles. The lowest BCUT2D eigenvalue weighted by molar-refractivity contribution is -0.317. The van der Waals surface area contributed by atoms with E-state index in [-0.39, 0.29) is 11.5 Å². The molecule has 4 aliphatic rings. The zero-order valence-electron chi connectivity index (χ0n) is 28.8. The highest BCUT2D eigenvalue weighted by atomic mass is 16.7. The van der Waals surface area contributed by atoms with Crippen LogP contribution in [0.5, 0.6) is 5.75 Å². The molecule has 49 heavy (non-hydrogen) atoms. The van der Waals surface area contributed by atoms with Crippen LogP contribution in [-0.2, 0) is 60.6 Å². The van der Waals surface area contributed by atoms with E-state index in [9.17, 15) is 19.2 Å². The van der Waals surface area contributed by atoms with E-state index < -0.39 is 54.6 Å². The van der Waals surface area contributed by atoms with Gasteiger partial charge in [-0.2, -0.15) is 0 Å². The van der Waals surface area contributed by atoms with Gasteiger partial charge in [0.25, 0.3) is 0 Å². The van der Waals surface area contributed by atoms with Crippen LogP contribution in [0.25, 0.3) is 0 Å². The second-order valence-electron chi connectivity index (χ2n) is 14.0. The number of methoxy groups -OCH3 is 1. The SMILES string of the molecule is COC(=O)C1O[C@@H](O[C@H]2CC[C@@H]3[C@@H]4CCc5cc(OCc6ccccc6)ccc5[C@@H]4CC[C@]23C)C(OC(C)=O)C(OC(C)=O)[C@H]1OC(C)=O. The van der Waals surface area contributed by atoms with Crippen molar-refractivity contribution in [1.82, 2.24) is 0 Å². The maximum atomic E-state index is 12.9. The molecule has 10 atom stereocenters. The van der Waals surface area contributed by atoms with E-state index in [4.69, 9.17) is 33.2 Å². The monoisotopic (exact) mass is 678 g/mol. The highest BCUT2D eigenvalue weighted by molar-refractivity contribution is 5.77. The summed E-state index contributed by atoms with van der Waals surface area (Å²) in [5.41, 5.74) is 3.68. The molecule has 0 radical (unpaired) electrons. The lowest BCUT2D eigenvalue weighted by Crippen LogP contribution is -2.64. The Kier molecular flexibility index (Phi) is 10.3. The van der Waals surface area contributed by atoms with Gasteiger partial charge >= 0.3 is 23.9 Å². The first kappa shape index (κ1) is 34.9. The molecule has 11 heteroatoms. The van der Waals surface area contributed by atoms with Crippen molar-refractivity contribution in [3.05, 3.63) is 65.2 Å². The Morgan fingerprint density at radius 2 is 1.53 bits per heavy atom. The summed E-state index contributed by atoms with van der Waals surface area (Å²) in [6, 6.07) is 16.7. The Bertz CT molecular complexity index is 1540. The molecule has 2 aromatic rings. The molecule has 11 nitrogen and oxygen atoms in total. The molecule has 0 aromatic heterocycles. The van der Waals surface area contributed by atoms with Gasteiger partial charge in [-0.05, 0) is 90.5 Å². The Balaban J connectivity index is 1.20. The van der Waals surface area contributed by atoms with E-state index in [2.05, 4.69) is 37.3 Å². The van der Waals surface area contributed by atoms with Gasteiger partial charge in [0.05, 0.1) is 13.2 Å². The van der Waals surface area contributed by atoms with E-state index >= 15 is 0 Å². The summed E-state index contributed by atoms with van der Waals surface area (Å²) in [7, 11) is 1.17. The van der Waals surface area contributed by atoms with Crippen LogP contribution >= 0.6 is 0 Å². The normalized spacial score (nSPS) is 33.2. The molecule has 0 bridgehead atoms. The molecule has 0 N–H and O–H groups in total. The molecular weight excluding hydrogens is 632 g/mol. The molecular formula is C38H46O11. The fraction of sp³-hybridized carbons (Fsp3) is 0.579. The van der Waals surface area contributed by atoms with Crippen LogP contribution in [0.2, 0.25) is 0 Å². The Morgan fingerprint density at radius 1 is 0.837 bits per heavy atom. The third-order valence-electron chi connectivity index (χ3n) is 11.0. The summed E-state index contributed by atoms with van der Waals surface area (Å²) in [5.74, 6) is -0.812. The number of hydrogen-bond acceptors (Lipinski definition) is 11. The number of rotatable bonds is 9. The summed E-state index contributed by atoms with van der Waals surface area (Å²) >= 11 is 0. The summed E-state index contributed by atoms with van der Waals surface area (Å²) in [4.78, 5) is 49.5. The number of carbonyl (C=O) groups is 4. The number of hydrogen-bond donors (Lipinski definition) is 0. The Morgan fingerprint density at radius 3 is 2.22 bits per heavy atom. The van der Waals surface area contributed by atoms with Crippen LogP contribution in [0, 0.1) is 17.3 Å². The highest BCUT2D eigenvalue weighted by Gasteiger charge is 2.59. The molecule has 3 fully saturated rings. The second-order valence-corrected chi connectivity index (χ2v) is 14.0. The van der Waals surface area contributed by atoms with Crippen LogP contribution in [0.1, 0.15) is 82.4 Å². The fourth-order valence-corrected chi connectivity index (χ4v) is 8.92. The lowest BCUT2D eigenvalue weighted by atomic mass is 9.55. The lowest BCUT2D eigenvalue weighted by Gasteiger charge is -2.51. The summed E-state index contributed by atoms with van der Waals surface area (Å²) in [5, 5.41) is 0. The zero-order valence-corrected chi connectivity index (χ0v) is 28.8. The maximum Gasteiger partial charge on any atom is 0.339 e. The van der Waals surface area contributed by atoms with Gasteiger partial charge in [-0.1, -0.05) is 43.3 Å². The number of esters is 4.